The molecule has 3 fully saturated rings. The van der Waals surface area contributed by atoms with Crippen molar-refractivity contribution in [3.05, 3.63) is 34.9 Å². The lowest BCUT2D eigenvalue weighted by molar-refractivity contribution is 0.0474. The van der Waals surface area contributed by atoms with Crippen LogP contribution >= 0.6 is 11.6 Å². The third-order valence-electron chi connectivity index (χ3n) is 7.41. The minimum atomic E-state index is 0.257. The van der Waals surface area contributed by atoms with E-state index in [-0.39, 0.29) is 6.61 Å². The number of likely N-dealkylation sites (tertiary alicyclic amines) is 2. The largest absolute Gasteiger partial charge is 0.395 e. The topological polar surface area (TPSA) is 33.2 Å². The predicted octanol–water partition coefficient (Wildman–Crippen LogP) is 2.94. The maximum Gasteiger partial charge on any atom is 0.0558 e. The summed E-state index contributed by atoms with van der Waals surface area (Å²) >= 11 is 6.18. The van der Waals surface area contributed by atoms with E-state index < -0.39 is 0 Å². The fourth-order valence-corrected chi connectivity index (χ4v) is 5.68. The molecule has 1 atom stereocenters. The second-order valence-electron chi connectivity index (χ2n) is 9.30. The zero-order valence-electron chi connectivity index (χ0n) is 18.4. The van der Waals surface area contributed by atoms with Crippen molar-refractivity contribution in [1.82, 2.24) is 19.6 Å². The number of rotatable bonds is 7. The molecule has 0 aromatic heterocycles. The molecule has 3 heterocycles. The van der Waals surface area contributed by atoms with Gasteiger partial charge in [0.15, 0.2) is 0 Å². The molecule has 0 spiro atoms. The summed E-state index contributed by atoms with van der Waals surface area (Å²) < 4.78 is 0. The Kier molecular flexibility index (Phi) is 8.44. The average Bonchev–Trinajstić information content (AvgIpc) is 2.80. The van der Waals surface area contributed by atoms with Crippen molar-refractivity contribution in [3.8, 4) is 0 Å². The van der Waals surface area contributed by atoms with Crippen LogP contribution in [0.4, 0.5) is 0 Å². The van der Waals surface area contributed by atoms with Crippen LogP contribution in [-0.4, -0.2) is 103 Å². The number of nitrogens with zero attached hydrogens (tertiary/aromatic N) is 4. The lowest BCUT2D eigenvalue weighted by Gasteiger charge is -2.44. The Balaban J connectivity index is 1.36. The first kappa shape index (κ1) is 22.5. The molecule has 0 radical (unpaired) electrons. The molecule has 3 aliphatic heterocycles. The average molecular weight is 435 g/mol. The van der Waals surface area contributed by atoms with Crippen LogP contribution in [0.1, 0.15) is 43.7 Å². The monoisotopic (exact) mass is 434 g/mol. The highest BCUT2D eigenvalue weighted by Crippen LogP contribution is 2.27. The molecule has 1 N–H and O–H groups in total. The molecule has 3 saturated heterocycles. The molecular formula is C24H39ClN4O. The van der Waals surface area contributed by atoms with Crippen molar-refractivity contribution >= 4 is 11.6 Å². The SMILES string of the molecule is OCCN1CCN(C(CN2CCC(N3CCCCC3)CC2)c2ccc(Cl)cc2)CC1. The van der Waals surface area contributed by atoms with Crippen LogP contribution in [0.15, 0.2) is 24.3 Å². The molecule has 0 aliphatic carbocycles. The highest BCUT2D eigenvalue weighted by atomic mass is 35.5. The number of piperazine rings is 1. The smallest absolute Gasteiger partial charge is 0.0558 e. The minimum Gasteiger partial charge on any atom is -0.395 e. The van der Waals surface area contributed by atoms with Gasteiger partial charge in [-0.15, -0.1) is 0 Å². The van der Waals surface area contributed by atoms with Gasteiger partial charge in [0.05, 0.1) is 6.61 Å². The first-order valence-electron chi connectivity index (χ1n) is 12.0. The molecule has 5 nitrogen and oxygen atoms in total. The van der Waals surface area contributed by atoms with Crippen molar-refractivity contribution in [2.24, 2.45) is 0 Å². The van der Waals surface area contributed by atoms with E-state index in [1.54, 1.807) is 0 Å². The van der Waals surface area contributed by atoms with Gasteiger partial charge in [-0.3, -0.25) is 9.80 Å². The summed E-state index contributed by atoms with van der Waals surface area (Å²) in [4.78, 5) is 10.5. The van der Waals surface area contributed by atoms with E-state index in [4.69, 9.17) is 11.6 Å². The van der Waals surface area contributed by atoms with E-state index >= 15 is 0 Å². The number of benzene rings is 1. The minimum absolute atomic E-state index is 0.257. The van der Waals surface area contributed by atoms with Crippen molar-refractivity contribution < 1.29 is 5.11 Å². The van der Waals surface area contributed by atoms with Gasteiger partial charge < -0.3 is 14.9 Å². The third-order valence-corrected chi connectivity index (χ3v) is 7.67. The van der Waals surface area contributed by atoms with Gasteiger partial charge in [0.2, 0.25) is 0 Å². The van der Waals surface area contributed by atoms with Crippen LogP contribution in [-0.2, 0) is 0 Å². The maximum atomic E-state index is 9.25. The van der Waals surface area contributed by atoms with Crippen LogP contribution in [0, 0.1) is 0 Å². The zero-order chi connectivity index (χ0) is 20.8. The van der Waals surface area contributed by atoms with Crippen LogP contribution in [0.5, 0.6) is 0 Å². The normalized spacial score (nSPS) is 24.9. The number of hydrogen-bond acceptors (Lipinski definition) is 5. The summed E-state index contributed by atoms with van der Waals surface area (Å²) in [5.74, 6) is 0. The molecule has 1 aromatic rings. The highest BCUT2D eigenvalue weighted by Gasteiger charge is 2.30. The van der Waals surface area contributed by atoms with Crippen LogP contribution < -0.4 is 0 Å². The van der Waals surface area contributed by atoms with Gasteiger partial charge in [0.25, 0.3) is 0 Å². The number of halogens is 1. The second kappa shape index (κ2) is 11.3. The first-order valence-corrected chi connectivity index (χ1v) is 12.4. The van der Waals surface area contributed by atoms with E-state index in [2.05, 4.69) is 31.7 Å². The molecule has 168 valence electrons. The Bertz CT molecular complexity index is 621. The van der Waals surface area contributed by atoms with Gasteiger partial charge >= 0.3 is 0 Å². The molecule has 4 rings (SSSR count). The summed E-state index contributed by atoms with van der Waals surface area (Å²) in [5, 5.41) is 10.1. The van der Waals surface area contributed by atoms with Gasteiger partial charge in [0, 0.05) is 56.4 Å². The summed E-state index contributed by atoms with van der Waals surface area (Å²) in [6.07, 6.45) is 6.83. The van der Waals surface area contributed by atoms with Crippen molar-refractivity contribution in [3.63, 3.8) is 0 Å². The molecule has 1 unspecified atom stereocenters. The third kappa shape index (κ3) is 5.96. The Morgan fingerprint density at radius 3 is 2.13 bits per heavy atom. The molecule has 30 heavy (non-hydrogen) atoms. The number of aliphatic hydroxyl groups is 1. The standard InChI is InChI=1S/C24H39ClN4O/c25-22-6-4-21(5-7-22)24(29-16-14-26(15-17-29)18-19-30)20-27-12-8-23(9-13-27)28-10-2-1-3-11-28/h4-7,23-24,30H,1-3,8-20H2. The summed E-state index contributed by atoms with van der Waals surface area (Å²) in [5.41, 5.74) is 1.38. The summed E-state index contributed by atoms with van der Waals surface area (Å²) in [7, 11) is 0. The number of aliphatic hydroxyl groups excluding tert-OH is 1. The van der Waals surface area contributed by atoms with Gasteiger partial charge in [-0.2, -0.15) is 0 Å². The number of piperidine rings is 2. The van der Waals surface area contributed by atoms with Gasteiger partial charge in [-0.1, -0.05) is 30.2 Å². The Morgan fingerprint density at radius 2 is 1.50 bits per heavy atom. The molecule has 0 amide bonds. The predicted molar refractivity (Wildman–Crippen MR) is 124 cm³/mol. The fourth-order valence-electron chi connectivity index (χ4n) is 5.55. The molecule has 3 aliphatic rings. The Hall–Kier alpha value is -0.690. The van der Waals surface area contributed by atoms with Crippen LogP contribution in [0.25, 0.3) is 0 Å². The van der Waals surface area contributed by atoms with Crippen LogP contribution in [0.2, 0.25) is 5.02 Å². The molecule has 0 saturated carbocycles. The van der Waals surface area contributed by atoms with Gasteiger partial charge in [-0.05, 0) is 69.6 Å². The van der Waals surface area contributed by atoms with Crippen molar-refractivity contribution in [2.75, 3.05) is 72.1 Å². The van der Waals surface area contributed by atoms with Gasteiger partial charge in [-0.25, -0.2) is 0 Å². The summed E-state index contributed by atoms with van der Waals surface area (Å²) in [6, 6.07) is 9.73. The zero-order valence-corrected chi connectivity index (χ0v) is 19.1. The lowest BCUT2D eigenvalue weighted by Crippen LogP contribution is -2.52. The fraction of sp³-hybridized carbons (Fsp3) is 0.750. The van der Waals surface area contributed by atoms with E-state index in [1.807, 2.05) is 12.1 Å². The van der Waals surface area contributed by atoms with E-state index in [9.17, 15) is 5.11 Å². The first-order chi connectivity index (χ1) is 14.7. The number of β-amino-alcohol motifs (C(OH)–C–C–N with tert-alkyl or cyclic N) is 1. The molecular weight excluding hydrogens is 396 g/mol. The maximum absolute atomic E-state index is 9.25. The Labute approximate surface area is 187 Å². The highest BCUT2D eigenvalue weighted by molar-refractivity contribution is 6.30. The van der Waals surface area contributed by atoms with E-state index in [0.29, 0.717) is 6.04 Å². The summed E-state index contributed by atoms with van der Waals surface area (Å²) in [6.45, 7) is 11.4. The van der Waals surface area contributed by atoms with Crippen molar-refractivity contribution in [2.45, 2.75) is 44.2 Å². The quantitative estimate of drug-likeness (QED) is 0.713. The second-order valence-corrected chi connectivity index (χ2v) is 9.73. The van der Waals surface area contributed by atoms with Gasteiger partial charge in [0.1, 0.15) is 0 Å². The molecule has 6 heteroatoms. The van der Waals surface area contributed by atoms with Crippen molar-refractivity contribution in [1.29, 1.82) is 0 Å². The molecule has 1 aromatic carbocycles. The molecule has 0 bridgehead atoms. The van der Waals surface area contributed by atoms with Crippen LogP contribution in [0.3, 0.4) is 0 Å². The van der Waals surface area contributed by atoms with E-state index in [1.165, 1.54) is 63.8 Å². The van der Waals surface area contributed by atoms with E-state index in [0.717, 1.165) is 50.3 Å². The Morgan fingerprint density at radius 1 is 0.833 bits per heavy atom. The lowest BCUT2D eigenvalue weighted by atomic mass is 9.98. The number of hydrogen-bond donors (Lipinski definition) is 1.